The molecular weight excluding hydrogens is 771 g/mol. The maximum Gasteiger partial charge on any atom is 0.0642 e. The average Bonchev–Trinajstić information content (AvgIpc) is 3.71. The van der Waals surface area contributed by atoms with E-state index in [1.54, 1.807) is 0 Å². The van der Waals surface area contributed by atoms with Gasteiger partial charge in [0.2, 0.25) is 0 Å². The summed E-state index contributed by atoms with van der Waals surface area (Å²) in [5, 5.41) is 4.78. The van der Waals surface area contributed by atoms with Crippen molar-refractivity contribution in [1.82, 2.24) is 0 Å². The third-order valence-electron chi connectivity index (χ3n) is 13.0. The standard InChI is InChI=1S/C63H47N/c1-45(19-11-12-22-46-20-5-2-6-21-46)47-33-37-52(38-34-47)64(53-39-35-48(36-40-53)60-43-49-23-13-14-28-55(49)56-29-15-16-30-57(56)60)54-41-42-59-58-31-17-18-32-61(58)63(62(59)44-54,50-24-7-3-8-25-50)51-26-9-4-10-27-51/h2-44,59,62H,1H2/b19-11-,22-12+/i41D,42D,44D. The highest BCUT2D eigenvalue weighted by Crippen LogP contribution is 2.60. The first-order valence-electron chi connectivity index (χ1n) is 23.5. The number of anilines is 2. The zero-order chi connectivity index (χ0) is 45.5. The number of benzene rings is 9. The first kappa shape index (κ1) is 35.6. The Balaban J connectivity index is 1.08. The highest BCUT2D eigenvalue weighted by atomic mass is 15.1. The normalized spacial score (nSPS) is 17.3. The fraction of sp³-hybridized carbons (Fsp3) is 0.0476. The molecule has 304 valence electrons. The first-order chi connectivity index (χ1) is 32.9. The highest BCUT2D eigenvalue weighted by Gasteiger charge is 2.53. The van der Waals surface area contributed by atoms with Gasteiger partial charge in [0.1, 0.15) is 0 Å². The minimum atomic E-state index is -0.811. The van der Waals surface area contributed by atoms with Crippen molar-refractivity contribution in [2.24, 2.45) is 5.92 Å². The van der Waals surface area contributed by atoms with E-state index in [9.17, 15) is 4.11 Å². The van der Waals surface area contributed by atoms with E-state index in [0.717, 1.165) is 61.5 Å². The second-order valence-corrected chi connectivity index (χ2v) is 16.6. The number of allylic oxidation sites excluding steroid dienone is 7. The molecule has 0 fully saturated rings. The van der Waals surface area contributed by atoms with E-state index in [4.69, 9.17) is 0 Å². The molecule has 9 aromatic rings. The van der Waals surface area contributed by atoms with Crippen LogP contribution in [0.2, 0.25) is 0 Å². The molecule has 0 amide bonds. The highest BCUT2D eigenvalue weighted by molar-refractivity contribution is 6.13. The van der Waals surface area contributed by atoms with Gasteiger partial charge in [-0.3, -0.25) is 0 Å². The Kier molecular flexibility index (Phi) is 9.28. The lowest BCUT2D eigenvalue weighted by molar-refractivity contribution is 0.453. The number of hydrogen-bond donors (Lipinski definition) is 0. The van der Waals surface area contributed by atoms with Gasteiger partial charge >= 0.3 is 0 Å². The minimum absolute atomic E-state index is 0.0456. The molecule has 1 heteroatoms. The topological polar surface area (TPSA) is 3.24 Å². The van der Waals surface area contributed by atoms with Gasteiger partial charge in [0.25, 0.3) is 0 Å². The summed E-state index contributed by atoms with van der Waals surface area (Å²) in [4.78, 5) is 2.03. The molecule has 0 radical (unpaired) electrons. The van der Waals surface area contributed by atoms with Crippen LogP contribution in [0.1, 0.15) is 43.4 Å². The summed E-state index contributed by atoms with van der Waals surface area (Å²) in [6.45, 7) is 4.40. The molecule has 1 nitrogen and oxygen atoms in total. The molecule has 0 spiro atoms. The van der Waals surface area contributed by atoms with Crippen molar-refractivity contribution in [1.29, 1.82) is 0 Å². The lowest BCUT2D eigenvalue weighted by atomic mass is 9.63. The van der Waals surface area contributed by atoms with Gasteiger partial charge in [0, 0.05) is 28.9 Å². The summed E-state index contributed by atoms with van der Waals surface area (Å²) < 4.78 is 30.6. The summed E-state index contributed by atoms with van der Waals surface area (Å²) in [6.07, 6.45) is 8.10. The van der Waals surface area contributed by atoms with E-state index in [1.807, 2.05) is 71.7 Å². The summed E-state index contributed by atoms with van der Waals surface area (Å²) in [7, 11) is 0. The van der Waals surface area contributed by atoms with E-state index in [0.29, 0.717) is 11.7 Å². The Labute approximate surface area is 380 Å². The van der Waals surface area contributed by atoms with Crippen molar-refractivity contribution in [2.75, 3.05) is 4.90 Å². The van der Waals surface area contributed by atoms with Crippen molar-refractivity contribution in [2.45, 2.75) is 11.3 Å². The summed E-state index contributed by atoms with van der Waals surface area (Å²) in [6, 6.07) is 76.2. The maximum atomic E-state index is 10.6. The number of rotatable bonds is 10. The second-order valence-electron chi connectivity index (χ2n) is 16.6. The molecular formula is C63H47N. The largest absolute Gasteiger partial charge is 0.311 e. The SMILES string of the molecule is [2H]C1=C([2H])C2c3ccccc3C(c3ccccc3)(c3ccccc3)C2C([2H])=C1N(c1ccc(C(=C)/C=C\C=C\c2ccccc2)cc1)c1ccc(-c2cc3ccccc3c3ccccc23)cc1. The van der Waals surface area contributed by atoms with Gasteiger partial charge in [-0.2, -0.15) is 0 Å². The van der Waals surface area contributed by atoms with Gasteiger partial charge in [0.15, 0.2) is 0 Å². The van der Waals surface area contributed by atoms with Crippen molar-refractivity contribution in [3.8, 4) is 11.1 Å². The fourth-order valence-corrected chi connectivity index (χ4v) is 10.1. The molecule has 2 aliphatic carbocycles. The predicted octanol–water partition coefficient (Wildman–Crippen LogP) is 16.3. The van der Waals surface area contributed by atoms with Gasteiger partial charge in [-0.15, -0.1) is 0 Å². The van der Waals surface area contributed by atoms with Crippen molar-refractivity contribution in [3.63, 3.8) is 0 Å². The minimum Gasteiger partial charge on any atom is -0.311 e. The molecule has 0 saturated heterocycles. The Morgan fingerprint density at radius 3 is 1.84 bits per heavy atom. The van der Waals surface area contributed by atoms with E-state index >= 15 is 0 Å². The quantitative estimate of drug-likeness (QED) is 0.0981. The van der Waals surface area contributed by atoms with Gasteiger partial charge in [-0.1, -0.05) is 231 Å². The maximum absolute atomic E-state index is 10.6. The summed E-state index contributed by atoms with van der Waals surface area (Å²) in [5.41, 5.74) is 10.5. The third kappa shape index (κ3) is 6.83. The van der Waals surface area contributed by atoms with Gasteiger partial charge in [-0.05, 0) is 108 Å². The Morgan fingerprint density at radius 2 is 1.14 bits per heavy atom. The number of nitrogens with zero attached hydrogens (tertiary/aromatic N) is 1. The van der Waals surface area contributed by atoms with Crippen LogP contribution in [0.25, 0.3) is 44.3 Å². The molecule has 0 aromatic heterocycles. The number of fused-ring (bicyclic) bond motifs is 6. The molecule has 0 aliphatic heterocycles. The lowest BCUT2D eigenvalue weighted by Gasteiger charge is -2.40. The Bertz CT molecular complexity index is 3400. The van der Waals surface area contributed by atoms with Crippen LogP contribution in [0.4, 0.5) is 11.4 Å². The molecule has 64 heavy (non-hydrogen) atoms. The fourth-order valence-electron chi connectivity index (χ4n) is 10.1. The molecule has 2 atom stereocenters. The zero-order valence-corrected chi connectivity index (χ0v) is 35.4. The zero-order valence-electron chi connectivity index (χ0n) is 38.4. The van der Waals surface area contributed by atoms with Crippen LogP contribution in [-0.2, 0) is 5.41 Å². The van der Waals surface area contributed by atoms with Crippen LogP contribution in [0.5, 0.6) is 0 Å². The van der Waals surface area contributed by atoms with E-state index in [-0.39, 0.29) is 12.1 Å². The van der Waals surface area contributed by atoms with Crippen LogP contribution in [0.15, 0.2) is 267 Å². The van der Waals surface area contributed by atoms with Crippen LogP contribution < -0.4 is 4.90 Å². The van der Waals surface area contributed by atoms with E-state index < -0.39 is 17.3 Å². The van der Waals surface area contributed by atoms with Crippen LogP contribution in [-0.4, -0.2) is 0 Å². The van der Waals surface area contributed by atoms with Crippen LogP contribution in [0.3, 0.4) is 0 Å². The molecule has 0 heterocycles. The smallest absolute Gasteiger partial charge is 0.0642 e. The molecule has 9 aromatic carbocycles. The number of hydrogen-bond acceptors (Lipinski definition) is 1. The second kappa shape index (κ2) is 16.7. The molecule has 2 aliphatic rings. The van der Waals surface area contributed by atoms with Crippen molar-refractivity contribution in [3.05, 3.63) is 300 Å². The lowest BCUT2D eigenvalue weighted by Crippen LogP contribution is -2.36. The molecule has 0 saturated carbocycles. The first-order valence-corrected chi connectivity index (χ1v) is 22.0. The molecule has 0 bridgehead atoms. The van der Waals surface area contributed by atoms with Crippen molar-refractivity contribution < 1.29 is 4.11 Å². The average molecular weight is 821 g/mol. The predicted molar refractivity (Wildman–Crippen MR) is 272 cm³/mol. The van der Waals surface area contributed by atoms with E-state index in [2.05, 4.69) is 183 Å². The Morgan fingerprint density at radius 1 is 0.562 bits per heavy atom. The van der Waals surface area contributed by atoms with Gasteiger partial charge in [-0.25, -0.2) is 0 Å². The summed E-state index contributed by atoms with van der Waals surface area (Å²) in [5.74, 6) is -1.02. The summed E-state index contributed by atoms with van der Waals surface area (Å²) >= 11 is 0. The van der Waals surface area contributed by atoms with Crippen molar-refractivity contribution >= 4 is 44.6 Å². The Hall–Kier alpha value is -8.00. The monoisotopic (exact) mass is 820 g/mol. The van der Waals surface area contributed by atoms with Gasteiger partial charge in [0.05, 0.1) is 9.53 Å². The molecule has 11 rings (SSSR count). The van der Waals surface area contributed by atoms with E-state index in [1.165, 1.54) is 21.5 Å². The molecule has 2 unspecified atom stereocenters. The van der Waals surface area contributed by atoms with Crippen LogP contribution in [0, 0.1) is 5.92 Å². The van der Waals surface area contributed by atoms with Gasteiger partial charge < -0.3 is 4.90 Å². The van der Waals surface area contributed by atoms with Crippen LogP contribution >= 0.6 is 0 Å². The third-order valence-corrected chi connectivity index (χ3v) is 13.0. The molecule has 0 N–H and O–H groups in total.